The van der Waals surface area contributed by atoms with Crippen molar-refractivity contribution in [3.63, 3.8) is 0 Å². The molecular formula is C25H37N3O7S. The van der Waals surface area contributed by atoms with E-state index in [9.17, 15) is 24.3 Å². The minimum atomic E-state index is -1.22. The number of nitrogens with one attached hydrogen (secondary N) is 2. The average Bonchev–Trinajstić information content (AvgIpc) is 3.64. The van der Waals surface area contributed by atoms with Gasteiger partial charge in [-0.3, -0.25) is 14.4 Å². The molecule has 1 fully saturated rings. The van der Waals surface area contributed by atoms with Gasteiger partial charge in [0.25, 0.3) is 0 Å². The number of phenols is 1. The predicted molar refractivity (Wildman–Crippen MR) is 137 cm³/mol. The molecule has 2 rings (SSSR count). The number of nitrogens with zero attached hydrogens (tertiary/aromatic N) is 1. The van der Waals surface area contributed by atoms with Crippen LogP contribution in [-0.2, 0) is 23.9 Å². The number of carbonyl (C=O) groups is 4. The van der Waals surface area contributed by atoms with E-state index in [2.05, 4.69) is 15.4 Å². The van der Waals surface area contributed by atoms with Crippen LogP contribution < -0.4 is 10.6 Å². The first-order chi connectivity index (χ1) is 16.9. The van der Waals surface area contributed by atoms with E-state index in [-0.39, 0.29) is 17.4 Å². The Bertz CT molecular complexity index is 959. The minimum absolute atomic E-state index is 0.116. The molecule has 0 heterocycles. The first kappa shape index (κ1) is 29.3. The van der Waals surface area contributed by atoms with Crippen LogP contribution in [0.15, 0.2) is 18.2 Å². The molecule has 36 heavy (non-hydrogen) atoms. The van der Waals surface area contributed by atoms with Gasteiger partial charge < -0.3 is 30.1 Å². The zero-order valence-electron chi connectivity index (χ0n) is 21.8. The van der Waals surface area contributed by atoms with Crippen molar-refractivity contribution in [2.24, 2.45) is 0 Å². The van der Waals surface area contributed by atoms with Crippen LogP contribution in [-0.4, -0.2) is 77.2 Å². The monoisotopic (exact) mass is 523 g/mol. The second-order valence-corrected chi connectivity index (χ2v) is 10.7. The molecule has 0 spiro atoms. The Morgan fingerprint density at radius 2 is 1.89 bits per heavy atom. The first-order valence-electron chi connectivity index (χ1n) is 11.8. The van der Waals surface area contributed by atoms with E-state index < -0.39 is 48.1 Å². The Morgan fingerprint density at radius 3 is 2.44 bits per heavy atom. The number of amides is 3. The lowest BCUT2D eigenvalue weighted by Crippen LogP contribution is -2.54. The quantitative estimate of drug-likeness (QED) is 0.377. The van der Waals surface area contributed by atoms with Crippen LogP contribution in [0.2, 0.25) is 0 Å². The molecule has 1 saturated carbocycles. The number of phenolic OH excluding ortho intramolecular Hbond substituents is 1. The molecule has 1 aliphatic carbocycles. The van der Waals surface area contributed by atoms with Crippen LogP contribution in [0.1, 0.15) is 57.2 Å². The molecule has 1 aromatic carbocycles. The number of carbonyl (C=O) groups excluding carboxylic acids is 4. The van der Waals surface area contributed by atoms with E-state index in [1.54, 1.807) is 45.9 Å². The number of aromatic hydroxyl groups is 1. The van der Waals surface area contributed by atoms with Crippen molar-refractivity contribution in [3.05, 3.63) is 29.3 Å². The second-order valence-electron chi connectivity index (χ2n) is 9.67. The van der Waals surface area contributed by atoms with E-state index in [1.165, 1.54) is 23.8 Å². The Morgan fingerprint density at radius 1 is 1.22 bits per heavy atom. The summed E-state index contributed by atoms with van der Waals surface area (Å²) in [5.74, 6) is -1.28. The number of hydrogen-bond acceptors (Lipinski definition) is 8. The predicted octanol–water partition coefficient (Wildman–Crippen LogP) is 2.67. The fourth-order valence-electron chi connectivity index (χ4n) is 3.64. The number of ether oxygens (including phenoxy) is 2. The normalized spacial score (nSPS) is 14.8. The van der Waals surface area contributed by atoms with Crippen molar-refractivity contribution in [3.8, 4) is 5.75 Å². The molecule has 1 aliphatic rings. The second kappa shape index (κ2) is 12.8. The molecule has 0 bridgehead atoms. The largest absolute Gasteiger partial charge is 0.507 e. The van der Waals surface area contributed by atoms with Gasteiger partial charge in [0.05, 0.1) is 7.11 Å². The molecule has 200 valence electrons. The molecule has 0 radical (unpaired) electrons. The minimum Gasteiger partial charge on any atom is -0.507 e. The number of hydrogen-bond donors (Lipinski definition) is 3. The van der Waals surface area contributed by atoms with Crippen molar-refractivity contribution in [2.45, 2.75) is 70.7 Å². The van der Waals surface area contributed by atoms with Gasteiger partial charge >= 0.3 is 12.1 Å². The molecule has 0 aliphatic heterocycles. The highest BCUT2D eigenvalue weighted by Crippen LogP contribution is 2.39. The van der Waals surface area contributed by atoms with Crippen molar-refractivity contribution in [1.82, 2.24) is 15.5 Å². The van der Waals surface area contributed by atoms with E-state index in [0.717, 1.165) is 0 Å². The number of para-hydroxylation sites is 1. The lowest BCUT2D eigenvalue weighted by atomic mass is 9.98. The van der Waals surface area contributed by atoms with Crippen LogP contribution in [0.5, 0.6) is 5.75 Å². The standard InChI is InChI=1S/C25H37N3O7S/c1-15-8-7-9-17(21(15)30)20(22(31)26-14-19(29)34-5)28(16-10-11-16)23(32)18(12-13-36-6)27-24(33)35-25(2,3)4/h7-9,16,18,20,30H,10-14H2,1-6H3,(H,26,31)(H,27,33). The molecule has 0 saturated heterocycles. The highest BCUT2D eigenvalue weighted by Gasteiger charge is 2.45. The van der Waals surface area contributed by atoms with Gasteiger partial charge in [-0.05, 0) is 64.5 Å². The summed E-state index contributed by atoms with van der Waals surface area (Å²) in [6, 6.07) is 2.53. The van der Waals surface area contributed by atoms with Gasteiger partial charge in [0.2, 0.25) is 11.8 Å². The van der Waals surface area contributed by atoms with Crippen molar-refractivity contribution in [2.75, 3.05) is 25.7 Å². The van der Waals surface area contributed by atoms with Crippen LogP contribution in [0, 0.1) is 6.92 Å². The Kier molecular flexibility index (Phi) is 10.4. The summed E-state index contributed by atoms with van der Waals surface area (Å²) >= 11 is 1.52. The van der Waals surface area contributed by atoms with Gasteiger partial charge in [-0.1, -0.05) is 18.2 Å². The maximum atomic E-state index is 13.9. The Labute approximate surface area is 216 Å². The molecule has 1 aromatic rings. The van der Waals surface area contributed by atoms with E-state index in [1.807, 2.05) is 6.26 Å². The number of rotatable bonds is 11. The van der Waals surface area contributed by atoms with E-state index >= 15 is 0 Å². The van der Waals surface area contributed by atoms with Gasteiger partial charge in [0, 0.05) is 11.6 Å². The lowest BCUT2D eigenvalue weighted by Gasteiger charge is -2.35. The molecule has 2 atom stereocenters. The fourth-order valence-corrected chi connectivity index (χ4v) is 4.11. The lowest BCUT2D eigenvalue weighted by molar-refractivity contribution is -0.145. The average molecular weight is 524 g/mol. The number of thioether (sulfide) groups is 1. The van der Waals surface area contributed by atoms with Crippen molar-refractivity contribution in [1.29, 1.82) is 0 Å². The number of methoxy groups -OCH3 is 1. The zero-order chi connectivity index (χ0) is 27.0. The maximum Gasteiger partial charge on any atom is 0.408 e. The van der Waals surface area contributed by atoms with Crippen LogP contribution in [0.4, 0.5) is 4.79 Å². The Hall–Kier alpha value is -2.95. The SMILES string of the molecule is COC(=O)CNC(=O)C(c1cccc(C)c1O)N(C(=O)C(CCSC)NC(=O)OC(C)(C)C)C1CC1. The van der Waals surface area contributed by atoms with Crippen LogP contribution in [0.25, 0.3) is 0 Å². The molecule has 3 N–H and O–H groups in total. The zero-order valence-corrected chi connectivity index (χ0v) is 22.6. The number of benzene rings is 1. The van der Waals surface area contributed by atoms with Gasteiger partial charge in [0.1, 0.15) is 30.0 Å². The third-order valence-electron chi connectivity index (χ3n) is 5.52. The highest BCUT2D eigenvalue weighted by molar-refractivity contribution is 7.98. The molecule has 11 heteroatoms. The Balaban J connectivity index is 2.46. The fraction of sp³-hybridized carbons (Fsp3) is 0.600. The smallest absolute Gasteiger partial charge is 0.408 e. The van der Waals surface area contributed by atoms with Crippen LogP contribution in [0.3, 0.4) is 0 Å². The van der Waals surface area contributed by atoms with Gasteiger partial charge in [-0.2, -0.15) is 11.8 Å². The summed E-state index contributed by atoms with van der Waals surface area (Å²) in [5.41, 5.74) is 0.0163. The van der Waals surface area contributed by atoms with E-state index in [4.69, 9.17) is 4.74 Å². The molecular weight excluding hydrogens is 486 g/mol. The summed E-state index contributed by atoms with van der Waals surface area (Å²) in [7, 11) is 1.21. The summed E-state index contributed by atoms with van der Waals surface area (Å²) in [6.45, 7) is 6.48. The van der Waals surface area contributed by atoms with Crippen LogP contribution >= 0.6 is 11.8 Å². The van der Waals surface area contributed by atoms with Gasteiger partial charge in [-0.25, -0.2) is 4.79 Å². The number of esters is 1. The van der Waals surface area contributed by atoms with Gasteiger partial charge in [0.15, 0.2) is 0 Å². The van der Waals surface area contributed by atoms with E-state index in [0.29, 0.717) is 30.6 Å². The third kappa shape index (κ3) is 8.32. The summed E-state index contributed by atoms with van der Waals surface area (Å²) in [6.07, 6.45) is 2.81. The number of aryl methyl sites for hydroxylation is 1. The summed E-state index contributed by atoms with van der Waals surface area (Å²) < 4.78 is 9.98. The molecule has 3 amide bonds. The maximum absolute atomic E-state index is 13.9. The highest BCUT2D eigenvalue weighted by atomic mass is 32.2. The summed E-state index contributed by atoms with van der Waals surface area (Å²) in [5, 5.41) is 16.0. The van der Waals surface area contributed by atoms with Crippen molar-refractivity contribution < 1.29 is 33.8 Å². The number of alkyl carbamates (subject to hydrolysis) is 1. The molecule has 0 aromatic heterocycles. The summed E-state index contributed by atoms with van der Waals surface area (Å²) in [4.78, 5) is 53.0. The van der Waals surface area contributed by atoms with Gasteiger partial charge in [-0.15, -0.1) is 0 Å². The van der Waals surface area contributed by atoms with Crippen molar-refractivity contribution >= 4 is 35.6 Å². The third-order valence-corrected chi connectivity index (χ3v) is 6.16. The first-order valence-corrected chi connectivity index (χ1v) is 13.2. The molecule has 2 unspecified atom stereocenters. The molecule has 10 nitrogen and oxygen atoms in total. The topological polar surface area (TPSA) is 134 Å².